The number of ether oxygens (including phenoxy) is 4. The van der Waals surface area contributed by atoms with Crippen molar-refractivity contribution in [3.63, 3.8) is 0 Å². The quantitative estimate of drug-likeness (QED) is 0.0887. The highest BCUT2D eigenvalue weighted by Gasteiger charge is 2.65. The van der Waals surface area contributed by atoms with Crippen LogP contribution in [0.5, 0.6) is 0 Å². The third-order valence-electron chi connectivity index (χ3n) is 9.30. The van der Waals surface area contributed by atoms with Crippen LogP contribution >= 0.6 is 0 Å². The lowest BCUT2D eigenvalue weighted by molar-refractivity contribution is -0.279. The summed E-state index contributed by atoms with van der Waals surface area (Å²) < 4.78 is 109. The van der Waals surface area contributed by atoms with E-state index in [-0.39, 0.29) is 18.8 Å². The van der Waals surface area contributed by atoms with Crippen LogP contribution in [0, 0.1) is 5.92 Å². The first kappa shape index (κ1) is 39.6. The van der Waals surface area contributed by atoms with Crippen molar-refractivity contribution in [1.29, 1.82) is 0 Å². The van der Waals surface area contributed by atoms with Crippen LogP contribution < -0.4 is 0 Å². The summed E-state index contributed by atoms with van der Waals surface area (Å²) in [6, 6.07) is 22.0. The van der Waals surface area contributed by atoms with E-state index in [4.69, 9.17) is 18.9 Å². The first-order chi connectivity index (χ1) is 24.3. The Kier molecular flexibility index (Phi) is 13.5. The molecule has 0 unspecified atom stereocenters. The summed E-state index contributed by atoms with van der Waals surface area (Å²) in [7, 11) is 1.56. The Hall–Kier alpha value is -4.16. The maximum absolute atomic E-state index is 14.7. The number of carbonyl (C=O) groups is 2. The minimum atomic E-state index is -5.19. The average molecular weight is 721 g/mol. The molecule has 51 heavy (non-hydrogen) atoms. The van der Waals surface area contributed by atoms with Gasteiger partial charge < -0.3 is 18.9 Å². The second kappa shape index (κ2) is 17.4. The second-order valence-corrected chi connectivity index (χ2v) is 12.5. The van der Waals surface area contributed by atoms with Gasteiger partial charge in [-0.3, -0.25) is 0 Å². The number of rotatable bonds is 15. The molecule has 0 spiro atoms. The summed E-state index contributed by atoms with van der Waals surface area (Å²) in [6.45, 7) is 0. The molecule has 3 aromatic rings. The van der Waals surface area contributed by atoms with Crippen molar-refractivity contribution in [2.24, 2.45) is 5.92 Å². The van der Waals surface area contributed by atoms with E-state index in [0.717, 1.165) is 63.3 Å². The normalized spacial score (nSPS) is 18.0. The topological polar surface area (TPSA) is 71.1 Å². The van der Waals surface area contributed by atoms with Gasteiger partial charge in [-0.1, -0.05) is 116 Å². The first-order valence-corrected chi connectivity index (χ1v) is 16.8. The van der Waals surface area contributed by atoms with E-state index >= 15 is 0 Å². The summed E-state index contributed by atoms with van der Waals surface area (Å²) >= 11 is 0. The molecule has 0 amide bonds. The van der Waals surface area contributed by atoms with Crippen molar-refractivity contribution in [1.82, 2.24) is 0 Å². The molecule has 12 heteroatoms. The van der Waals surface area contributed by atoms with E-state index in [0.29, 0.717) is 19.3 Å². The Labute approximate surface area is 293 Å². The molecule has 0 aromatic heterocycles. The summed E-state index contributed by atoms with van der Waals surface area (Å²) in [4.78, 5) is 27.1. The van der Waals surface area contributed by atoms with Gasteiger partial charge in [-0.25, -0.2) is 9.59 Å². The molecule has 0 saturated heterocycles. The SMILES string of the molecule is CO[C@@](C(=O)O[C@@H](C/C=C/[C@H](OC(=O)[C@](OC)(c1ccccc1)C(F)(F)F)C1CCCCC1)CCc1ccccc1)(c1ccccc1)C(F)(F)F. The van der Waals surface area contributed by atoms with Gasteiger partial charge in [0, 0.05) is 31.8 Å². The second-order valence-electron chi connectivity index (χ2n) is 12.5. The molecular formula is C39H42F6O6. The smallest absolute Gasteiger partial charge is 0.432 e. The zero-order chi connectivity index (χ0) is 37.1. The Balaban J connectivity index is 1.64. The predicted molar refractivity (Wildman–Crippen MR) is 177 cm³/mol. The van der Waals surface area contributed by atoms with Crippen LogP contribution in [-0.2, 0) is 46.2 Å². The monoisotopic (exact) mass is 720 g/mol. The van der Waals surface area contributed by atoms with E-state index in [1.54, 1.807) is 18.2 Å². The van der Waals surface area contributed by atoms with E-state index in [1.165, 1.54) is 48.6 Å². The number of alkyl halides is 6. The molecule has 4 atom stereocenters. The van der Waals surface area contributed by atoms with Crippen LogP contribution in [0.4, 0.5) is 26.3 Å². The summed E-state index contributed by atoms with van der Waals surface area (Å²) in [5, 5.41) is 0. The Bertz CT molecular complexity index is 1560. The molecule has 1 fully saturated rings. The molecule has 0 bridgehead atoms. The number of hydrogen-bond donors (Lipinski definition) is 0. The third-order valence-corrected chi connectivity index (χ3v) is 9.30. The van der Waals surface area contributed by atoms with Gasteiger partial charge in [0.05, 0.1) is 0 Å². The summed E-state index contributed by atoms with van der Waals surface area (Å²) in [6.07, 6.45) is -5.77. The van der Waals surface area contributed by atoms with Crippen molar-refractivity contribution >= 4 is 11.9 Å². The predicted octanol–water partition coefficient (Wildman–Crippen LogP) is 9.18. The van der Waals surface area contributed by atoms with Gasteiger partial charge in [0.2, 0.25) is 0 Å². The van der Waals surface area contributed by atoms with E-state index in [2.05, 4.69) is 0 Å². The molecule has 276 valence electrons. The zero-order valence-corrected chi connectivity index (χ0v) is 28.4. The molecule has 1 aliphatic rings. The van der Waals surface area contributed by atoms with Gasteiger partial charge in [-0.15, -0.1) is 0 Å². The van der Waals surface area contributed by atoms with Crippen molar-refractivity contribution < 1.29 is 54.9 Å². The molecule has 0 heterocycles. The third kappa shape index (κ3) is 9.02. The van der Waals surface area contributed by atoms with Crippen molar-refractivity contribution in [3.05, 3.63) is 120 Å². The molecule has 3 aromatic carbocycles. The van der Waals surface area contributed by atoms with Gasteiger partial charge in [0.15, 0.2) is 0 Å². The largest absolute Gasteiger partial charge is 0.459 e. The molecule has 1 aliphatic carbocycles. The Morgan fingerprint density at radius 1 is 0.686 bits per heavy atom. The summed E-state index contributed by atoms with van der Waals surface area (Å²) in [5.41, 5.74) is -6.88. The van der Waals surface area contributed by atoms with Gasteiger partial charge in [-0.05, 0) is 43.2 Å². The van der Waals surface area contributed by atoms with E-state index < -0.39 is 58.8 Å². The van der Waals surface area contributed by atoms with Crippen LogP contribution in [0.2, 0.25) is 0 Å². The molecule has 1 saturated carbocycles. The van der Waals surface area contributed by atoms with Crippen molar-refractivity contribution in [3.8, 4) is 0 Å². The zero-order valence-electron chi connectivity index (χ0n) is 28.4. The summed E-state index contributed by atoms with van der Waals surface area (Å²) in [5.74, 6) is -3.63. The van der Waals surface area contributed by atoms with Crippen LogP contribution in [0.1, 0.15) is 61.6 Å². The fraction of sp³-hybridized carbons (Fsp3) is 0.436. The fourth-order valence-corrected chi connectivity index (χ4v) is 6.53. The maximum atomic E-state index is 14.7. The van der Waals surface area contributed by atoms with Gasteiger partial charge in [0.25, 0.3) is 11.2 Å². The van der Waals surface area contributed by atoms with Gasteiger partial charge >= 0.3 is 24.3 Å². The average Bonchev–Trinajstić information content (AvgIpc) is 3.11. The minimum Gasteiger partial charge on any atom is -0.459 e. The number of benzene rings is 3. The number of aryl methyl sites for hydroxylation is 1. The number of methoxy groups -OCH3 is 2. The molecule has 0 aliphatic heterocycles. The van der Waals surface area contributed by atoms with Crippen LogP contribution in [0.15, 0.2) is 103 Å². The molecule has 6 nitrogen and oxygen atoms in total. The standard InChI is InChI=1S/C39H42F6O6/c1-48-36(38(40,41)42,30-20-11-5-12-21-30)34(46)50-32(27-26-28-16-7-3-8-17-28)24-15-25-33(29-18-9-4-10-19-29)51-35(47)37(49-2,39(43,44)45)31-22-13-6-14-23-31/h3,5-8,11-17,20-23,25,29,32-33H,4,9-10,18-19,24,26-27H2,1-2H3/b25-15+/t32-,33-,36+,37+/m0/s1. The van der Waals surface area contributed by atoms with Gasteiger partial charge in [-0.2, -0.15) is 26.3 Å². The number of hydrogen-bond acceptors (Lipinski definition) is 6. The molecule has 0 radical (unpaired) electrons. The van der Waals surface area contributed by atoms with Crippen molar-refractivity contribution in [2.45, 2.75) is 87.1 Å². The molecular weight excluding hydrogens is 678 g/mol. The lowest BCUT2D eigenvalue weighted by atomic mass is 9.84. The van der Waals surface area contributed by atoms with Crippen LogP contribution in [0.3, 0.4) is 0 Å². The van der Waals surface area contributed by atoms with E-state index in [9.17, 15) is 35.9 Å². The van der Waals surface area contributed by atoms with Crippen molar-refractivity contribution in [2.75, 3.05) is 14.2 Å². The number of esters is 2. The highest BCUT2D eigenvalue weighted by Crippen LogP contribution is 2.45. The Morgan fingerprint density at radius 3 is 1.59 bits per heavy atom. The minimum absolute atomic E-state index is 0.106. The molecule has 0 N–H and O–H groups in total. The van der Waals surface area contributed by atoms with Crippen LogP contribution in [0.25, 0.3) is 0 Å². The van der Waals surface area contributed by atoms with Crippen LogP contribution in [-0.4, -0.2) is 50.7 Å². The number of carbonyl (C=O) groups excluding carboxylic acids is 2. The maximum Gasteiger partial charge on any atom is 0.432 e. The molecule has 4 rings (SSSR count). The Morgan fingerprint density at radius 2 is 1.14 bits per heavy atom. The number of halogens is 6. The van der Waals surface area contributed by atoms with E-state index in [1.807, 2.05) is 12.1 Å². The lowest BCUT2D eigenvalue weighted by Crippen LogP contribution is -2.53. The lowest BCUT2D eigenvalue weighted by Gasteiger charge is -2.35. The highest BCUT2D eigenvalue weighted by atomic mass is 19.4. The van der Waals surface area contributed by atoms with Gasteiger partial charge in [0.1, 0.15) is 12.2 Å². The first-order valence-electron chi connectivity index (χ1n) is 16.8. The fourth-order valence-electron chi connectivity index (χ4n) is 6.53. The highest BCUT2D eigenvalue weighted by molar-refractivity contribution is 5.83.